The van der Waals surface area contributed by atoms with Crippen molar-refractivity contribution in [3.05, 3.63) is 35.7 Å². The van der Waals surface area contributed by atoms with Gasteiger partial charge in [-0.15, -0.1) is 0 Å². The van der Waals surface area contributed by atoms with Crippen molar-refractivity contribution < 1.29 is 4.74 Å². The molecule has 2 heterocycles. The molecule has 0 aromatic carbocycles. The summed E-state index contributed by atoms with van der Waals surface area (Å²) in [7, 11) is 1.72. The molecule has 5 nitrogen and oxygen atoms in total. The summed E-state index contributed by atoms with van der Waals surface area (Å²) in [5.74, 6) is 1.32. The minimum Gasteiger partial charge on any atom is -0.436 e. The number of ether oxygens (including phenoxy) is 1. The summed E-state index contributed by atoms with van der Waals surface area (Å²) in [4.78, 5) is 12.0. The number of halogens is 1. The Kier molecular flexibility index (Phi) is 3.16. The maximum Gasteiger partial charge on any atom is 0.243 e. The highest BCUT2D eigenvalue weighted by Crippen LogP contribution is 2.26. The summed E-state index contributed by atoms with van der Waals surface area (Å²) in [5, 5.41) is 3.15. The first-order valence-corrected chi connectivity index (χ1v) is 4.95. The van der Waals surface area contributed by atoms with Crippen LogP contribution >= 0.6 is 11.6 Å². The molecule has 0 spiro atoms. The van der Waals surface area contributed by atoms with E-state index in [1.807, 2.05) is 0 Å². The van der Waals surface area contributed by atoms with Gasteiger partial charge in [-0.1, -0.05) is 11.6 Å². The van der Waals surface area contributed by atoms with Gasteiger partial charge >= 0.3 is 0 Å². The zero-order chi connectivity index (χ0) is 11.4. The molecule has 0 aliphatic heterocycles. The Morgan fingerprint density at radius 3 is 2.94 bits per heavy atom. The average molecular weight is 237 g/mol. The summed E-state index contributed by atoms with van der Waals surface area (Å²) in [6.45, 7) is 0. The molecule has 2 rings (SSSR count). The maximum absolute atomic E-state index is 5.90. The molecule has 0 unspecified atom stereocenters. The van der Waals surface area contributed by atoms with Crippen LogP contribution in [0.15, 0.2) is 30.7 Å². The number of hydrogen-bond acceptors (Lipinski definition) is 5. The van der Waals surface area contributed by atoms with Gasteiger partial charge in [-0.25, -0.2) is 4.98 Å². The molecule has 6 heteroatoms. The van der Waals surface area contributed by atoms with E-state index in [1.54, 1.807) is 31.6 Å². The van der Waals surface area contributed by atoms with Crippen LogP contribution in [0.5, 0.6) is 11.6 Å². The molecule has 16 heavy (non-hydrogen) atoms. The third-order valence-electron chi connectivity index (χ3n) is 1.78. The topological polar surface area (TPSA) is 59.9 Å². The van der Waals surface area contributed by atoms with E-state index in [1.165, 1.54) is 6.20 Å². The first-order chi connectivity index (χ1) is 7.79. The monoisotopic (exact) mass is 236 g/mol. The van der Waals surface area contributed by atoms with Crippen molar-refractivity contribution in [2.24, 2.45) is 0 Å². The Bertz CT molecular complexity index is 478. The first kappa shape index (κ1) is 10.6. The standard InChI is InChI=1S/C10H9ClN4O/c1-12-10-14-6-8(11)9(15-10)16-7-3-2-4-13-5-7/h2-6H,1H3,(H,12,14,15). The van der Waals surface area contributed by atoms with Crippen LogP contribution in [0, 0.1) is 0 Å². The molecule has 0 fully saturated rings. The van der Waals surface area contributed by atoms with Gasteiger partial charge in [0.15, 0.2) is 0 Å². The molecule has 1 N–H and O–H groups in total. The Hall–Kier alpha value is -1.88. The summed E-state index contributed by atoms with van der Waals surface area (Å²) in [5.41, 5.74) is 0. The summed E-state index contributed by atoms with van der Waals surface area (Å²) in [6.07, 6.45) is 4.72. The van der Waals surface area contributed by atoms with Crippen LogP contribution < -0.4 is 10.1 Å². The van der Waals surface area contributed by atoms with E-state index in [-0.39, 0.29) is 0 Å². The number of nitrogens with zero attached hydrogens (tertiary/aromatic N) is 3. The zero-order valence-corrected chi connectivity index (χ0v) is 9.27. The molecule has 0 radical (unpaired) electrons. The number of nitrogens with one attached hydrogen (secondary N) is 1. The van der Waals surface area contributed by atoms with Gasteiger partial charge in [0.2, 0.25) is 11.8 Å². The molecule has 82 valence electrons. The van der Waals surface area contributed by atoms with Crippen LogP contribution in [0.1, 0.15) is 0 Å². The van der Waals surface area contributed by atoms with Gasteiger partial charge in [0.05, 0.1) is 12.4 Å². The molecule has 0 saturated carbocycles. The normalized spacial score (nSPS) is 9.88. The van der Waals surface area contributed by atoms with Gasteiger partial charge < -0.3 is 10.1 Å². The highest BCUT2D eigenvalue weighted by molar-refractivity contribution is 6.31. The largest absolute Gasteiger partial charge is 0.436 e. The molecular weight excluding hydrogens is 228 g/mol. The number of hydrogen-bond donors (Lipinski definition) is 1. The quantitative estimate of drug-likeness (QED) is 0.887. The Morgan fingerprint density at radius 1 is 1.38 bits per heavy atom. The lowest BCUT2D eigenvalue weighted by Crippen LogP contribution is -1.98. The van der Waals surface area contributed by atoms with Crippen molar-refractivity contribution in [3.8, 4) is 11.6 Å². The summed E-state index contributed by atoms with van der Waals surface area (Å²) >= 11 is 5.90. The molecule has 0 aliphatic carbocycles. The second kappa shape index (κ2) is 4.76. The van der Waals surface area contributed by atoms with E-state index in [4.69, 9.17) is 16.3 Å². The van der Waals surface area contributed by atoms with Gasteiger partial charge in [0, 0.05) is 13.2 Å². The highest BCUT2D eigenvalue weighted by Gasteiger charge is 2.06. The smallest absolute Gasteiger partial charge is 0.243 e. The molecule has 0 saturated heterocycles. The van der Waals surface area contributed by atoms with Gasteiger partial charge in [0.25, 0.3) is 0 Å². The third-order valence-corrected chi connectivity index (χ3v) is 2.04. The molecule has 0 atom stereocenters. The highest BCUT2D eigenvalue weighted by atomic mass is 35.5. The van der Waals surface area contributed by atoms with Crippen LogP contribution in [-0.4, -0.2) is 22.0 Å². The Labute approximate surface area is 97.5 Å². The number of anilines is 1. The average Bonchev–Trinajstić information content (AvgIpc) is 2.33. The minimum atomic E-state index is 0.300. The van der Waals surface area contributed by atoms with Crippen molar-refractivity contribution >= 4 is 17.5 Å². The van der Waals surface area contributed by atoms with Crippen LogP contribution in [0.25, 0.3) is 0 Å². The van der Waals surface area contributed by atoms with Crippen molar-refractivity contribution in [1.29, 1.82) is 0 Å². The number of rotatable bonds is 3. The lowest BCUT2D eigenvalue weighted by Gasteiger charge is -2.06. The van der Waals surface area contributed by atoms with E-state index in [9.17, 15) is 0 Å². The van der Waals surface area contributed by atoms with Crippen molar-refractivity contribution in [2.75, 3.05) is 12.4 Å². The molecule has 0 bridgehead atoms. The van der Waals surface area contributed by atoms with Gasteiger partial charge in [-0.3, -0.25) is 4.98 Å². The Morgan fingerprint density at radius 2 is 2.25 bits per heavy atom. The number of aromatic nitrogens is 3. The fraction of sp³-hybridized carbons (Fsp3) is 0.100. The van der Waals surface area contributed by atoms with E-state index < -0.39 is 0 Å². The number of pyridine rings is 1. The molecular formula is C10H9ClN4O. The predicted octanol–water partition coefficient (Wildman–Crippen LogP) is 2.36. The van der Waals surface area contributed by atoms with E-state index in [2.05, 4.69) is 20.3 Å². The van der Waals surface area contributed by atoms with Crippen LogP contribution in [0.2, 0.25) is 5.02 Å². The second-order valence-electron chi connectivity index (χ2n) is 2.89. The fourth-order valence-electron chi connectivity index (χ4n) is 1.06. The molecule has 2 aromatic heterocycles. The third kappa shape index (κ3) is 2.38. The van der Waals surface area contributed by atoms with Crippen LogP contribution in [-0.2, 0) is 0 Å². The van der Waals surface area contributed by atoms with Crippen molar-refractivity contribution in [2.45, 2.75) is 0 Å². The first-order valence-electron chi connectivity index (χ1n) is 4.58. The van der Waals surface area contributed by atoms with Gasteiger partial charge in [0.1, 0.15) is 10.8 Å². The minimum absolute atomic E-state index is 0.300. The van der Waals surface area contributed by atoms with Crippen molar-refractivity contribution in [3.63, 3.8) is 0 Å². The zero-order valence-electron chi connectivity index (χ0n) is 8.51. The van der Waals surface area contributed by atoms with Crippen molar-refractivity contribution in [1.82, 2.24) is 15.0 Å². The van der Waals surface area contributed by atoms with Gasteiger partial charge in [-0.2, -0.15) is 4.98 Å². The van der Waals surface area contributed by atoms with E-state index in [0.717, 1.165) is 0 Å². The predicted molar refractivity (Wildman–Crippen MR) is 60.9 cm³/mol. The lowest BCUT2D eigenvalue weighted by atomic mass is 10.5. The molecule has 0 aliphatic rings. The van der Waals surface area contributed by atoms with Gasteiger partial charge in [-0.05, 0) is 12.1 Å². The fourth-order valence-corrected chi connectivity index (χ4v) is 1.19. The van der Waals surface area contributed by atoms with Crippen LogP contribution in [0.3, 0.4) is 0 Å². The molecule has 0 amide bonds. The Balaban J connectivity index is 2.27. The molecule has 2 aromatic rings. The van der Waals surface area contributed by atoms with E-state index >= 15 is 0 Å². The SMILES string of the molecule is CNc1ncc(Cl)c(Oc2cccnc2)n1. The maximum atomic E-state index is 5.90. The lowest BCUT2D eigenvalue weighted by molar-refractivity contribution is 0.460. The second-order valence-corrected chi connectivity index (χ2v) is 3.29. The summed E-state index contributed by atoms with van der Waals surface area (Å²) in [6, 6.07) is 3.54. The summed E-state index contributed by atoms with van der Waals surface area (Å²) < 4.78 is 5.47. The van der Waals surface area contributed by atoms with E-state index in [0.29, 0.717) is 22.6 Å². The van der Waals surface area contributed by atoms with Crippen LogP contribution in [0.4, 0.5) is 5.95 Å².